The van der Waals surface area contributed by atoms with Crippen molar-refractivity contribution in [1.29, 1.82) is 0 Å². The van der Waals surface area contributed by atoms with Crippen molar-refractivity contribution in [2.24, 2.45) is 11.8 Å². The predicted octanol–water partition coefficient (Wildman–Crippen LogP) is 2.99. The molecule has 0 aliphatic carbocycles. The largest absolute Gasteiger partial charge is 0.508 e. The Morgan fingerprint density at radius 3 is 2.68 bits per heavy atom. The maximum Gasteiger partial charge on any atom is 0.232 e. The zero-order valence-corrected chi connectivity index (χ0v) is 12.3. The first-order chi connectivity index (χ1) is 9.04. The van der Waals surface area contributed by atoms with Crippen LogP contribution >= 0.6 is 11.8 Å². The number of likely N-dealkylation sites (tertiary alicyclic amines) is 1. The molecule has 0 spiro atoms. The van der Waals surface area contributed by atoms with E-state index in [1.54, 1.807) is 18.2 Å². The van der Waals surface area contributed by atoms with Crippen LogP contribution < -0.4 is 0 Å². The van der Waals surface area contributed by atoms with E-state index in [0.717, 1.165) is 18.0 Å². The third kappa shape index (κ3) is 4.16. The summed E-state index contributed by atoms with van der Waals surface area (Å²) in [6, 6.07) is 7.05. The number of amides is 1. The molecule has 1 aliphatic rings. The molecule has 1 aliphatic heterocycles. The third-order valence-electron chi connectivity index (χ3n) is 3.40. The van der Waals surface area contributed by atoms with E-state index in [4.69, 9.17) is 0 Å². The molecule has 1 heterocycles. The van der Waals surface area contributed by atoms with Gasteiger partial charge in [0.15, 0.2) is 0 Å². The van der Waals surface area contributed by atoms with Gasteiger partial charge < -0.3 is 10.0 Å². The van der Waals surface area contributed by atoms with Gasteiger partial charge in [0.2, 0.25) is 5.91 Å². The fraction of sp³-hybridized carbons (Fsp3) is 0.533. The van der Waals surface area contributed by atoms with Gasteiger partial charge in [0.1, 0.15) is 5.75 Å². The van der Waals surface area contributed by atoms with Crippen LogP contribution in [0, 0.1) is 11.8 Å². The topological polar surface area (TPSA) is 40.5 Å². The number of piperidine rings is 1. The summed E-state index contributed by atoms with van der Waals surface area (Å²) in [5, 5.41) is 9.39. The van der Waals surface area contributed by atoms with Gasteiger partial charge in [-0.15, -0.1) is 11.8 Å². The Bertz CT molecular complexity index is 440. The van der Waals surface area contributed by atoms with Crippen LogP contribution in [0.4, 0.5) is 0 Å². The molecular formula is C15H21NO2S. The van der Waals surface area contributed by atoms with Crippen molar-refractivity contribution >= 4 is 17.7 Å². The number of rotatable bonds is 3. The average molecular weight is 279 g/mol. The summed E-state index contributed by atoms with van der Waals surface area (Å²) in [5.74, 6) is 2.09. The molecule has 1 aromatic carbocycles. The fourth-order valence-corrected chi connectivity index (χ4v) is 3.53. The van der Waals surface area contributed by atoms with Crippen LogP contribution in [0.5, 0.6) is 5.75 Å². The molecule has 104 valence electrons. The van der Waals surface area contributed by atoms with Crippen molar-refractivity contribution in [3.05, 3.63) is 24.3 Å². The van der Waals surface area contributed by atoms with Gasteiger partial charge in [-0.3, -0.25) is 4.79 Å². The summed E-state index contributed by atoms with van der Waals surface area (Å²) in [4.78, 5) is 15.1. The Kier molecular flexibility index (Phi) is 4.75. The van der Waals surface area contributed by atoms with Crippen molar-refractivity contribution in [3.63, 3.8) is 0 Å². The Morgan fingerprint density at radius 1 is 1.37 bits per heavy atom. The Labute approximate surface area is 119 Å². The molecule has 1 fully saturated rings. The average Bonchev–Trinajstić information content (AvgIpc) is 2.35. The second kappa shape index (κ2) is 6.33. The highest BCUT2D eigenvalue weighted by Gasteiger charge is 2.25. The van der Waals surface area contributed by atoms with Crippen LogP contribution in [-0.2, 0) is 4.79 Å². The molecular weight excluding hydrogens is 258 g/mol. The van der Waals surface area contributed by atoms with E-state index < -0.39 is 0 Å². The minimum atomic E-state index is 0.201. The van der Waals surface area contributed by atoms with E-state index in [0.29, 0.717) is 17.6 Å². The second-order valence-electron chi connectivity index (χ2n) is 5.53. The van der Waals surface area contributed by atoms with E-state index in [1.165, 1.54) is 18.2 Å². The summed E-state index contributed by atoms with van der Waals surface area (Å²) >= 11 is 1.49. The zero-order valence-electron chi connectivity index (χ0n) is 11.5. The van der Waals surface area contributed by atoms with E-state index >= 15 is 0 Å². The minimum absolute atomic E-state index is 0.201. The predicted molar refractivity (Wildman–Crippen MR) is 78.4 cm³/mol. The number of phenolic OH excluding ortho intramolecular Hbond substituents is 1. The maximum absolute atomic E-state index is 12.2. The summed E-state index contributed by atoms with van der Waals surface area (Å²) in [7, 11) is 0. The number of thioether (sulfide) groups is 1. The molecule has 0 saturated carbocycles. The van der Waals surface area contributed by atoms with E-state index in [2.05, 4.69) is 13.8 Å². The third-order valence-corrected chi connectivity index (χ3v) is 4.38. The van der Waals surface area contributed by atoms with Crippen molar-refractivity contribution in [1.82, 2.24) is 4.90 Å². The van der Waals surface area contributed by atoms with Crippen molar-refractivity contribution < 1.29 is 9.90 Å². The first-order valence-electron chi connectivity index (χ1n) is 6.74. The zero-order chi connectivity index (χ0) is 13.8. The second-order valence-corrected chi connectivity index (χ2v) is 6.58. The van der Waals surface area contributed by atoms with Crippen LogP contribution in [-0.4, -0.2) is 34.8 Å². The van der Waals surface area contributed by atoms with E-state index in [9.17, 15) is 9.90 Å². The number of aromatic hydroxyl groups is 1. The molecule has 2 rings (SSSR count). The van der Waals surface area contributed by atoms with Gasteiger partial charge in [0.25, 0.3) is 0 Å². The first-order valence-corrected chi connectivity index (χ1v) is 7.72. The molecule has 19 heavy (non-hydrogen) atoms. The van der Waals surface area contributed by atoms with Gasteiger partial charge in [-0.05, 0) is 36.5 Å². The molecule has 0 radical (unpaired) electrons. The summed E-state index contributed by atoms with van der Waals surface area (Å²) in [6.45, 7) is 6.17. The quantitative estimate of drug-likeness (QED) is 0.865. The Morgan fingerprint density at radius 2 is 2.05 bits per heavy atom. The molecule has 4 heteroatoms. The van der Waals surface area contributed by atoms with Gasteiger partial charge in [0.05, 0.1) is 5.75 Å². The fourth-order valence-electron chi connectivity index (χ4n) is 2.68. The lowest BCUT2D eigenvalue weighted by Crippen LogP contribution is -2.43. The van der Waals surface area contributed by atoms with Crippen molar-refractivity contribution in [3.8, 4) is 5.75 Å². The Hall–Kier alpha value is -1.16. The van der Waals surface area contributed by atoms with Gasteiger partial charge in [-0.25, -0.2) is 0 Å². The molecule has 3 nitrogen and oxygen atoms in total. The van der Waals surface area contributed by atoms with E-state index in [1.807, 2.05) is 11.0 Å². The van der Waals surface area contributed by atoms with Crippen LogP contribution in [0.3, 0.4) is 0 Å². The lowest BCUT2D eigenvalue weighted by molar-refractivity contribution is -0.130. The lowest BCUT2D eigenvalue weighted by atomic mass is 9.92. The van der Waals surface area contributed by atoms with Crippen LogP contribution in [0.2, 0.25) is 0 Å². The smallest absolute Gasteiger partial charge is 0.232 e. The molecule has 0 aromatic heterocycles. The number of carbonyl (C=O) groups excluding carboxylic acids is 1. The van der Waals surface area contributed by atoms with Crippen molar-refractivity contribution in [2.75, 3.05) is 18.8 Å². The number of carbonyl (C=O) groups is 1. The molecule has 1 saturated heterocycles. The molecule has 1 aromatic rings. The number of hydrogen-bond acceptors (Lipinski definition) is 3. The van der Waals surface area contributed by atoms with Crippen molar-refractivity contribution in [2.45, 2.75) is 25.2 Å². The number of phenols is 1. The van der Waals surface area contributed by atoms with Gasteiger partial charge in [-0.2, -0.15) is 0 Å². The Balaban J connectivity index is 1.87. The molecule has 2 atom stereocenters. The van der Waals surface area contributed by atoms with Crippen LogP contribution in [0.1, 0.15) is 20.3 Å². The monoisotopic (exact) mass is 279 g/mol. The molecule has 1 amide bonds. The lowest BCUT2D eigenvalue weighted by Gasteiger charge is -2.35. The number of benzene rings is 1. The van der Waals surface area contributed by atoms with Crippen LogP contribution in [0.15, 0.2) is 29.2 Å². The molecule has 2 unspecified atom stereocenters. The number of nitrogens with zero attached hydrogens (tertiary/aromatic N) is 1. The minimum Gasteiger partial charge on any atom is -0.508 e. The van der Waals surface area contributed by atoms with Gasteiger partial charge in [-0.1, -0.05) is 19.9 Å². The highest BCUT2D eigenvalue weighted by atomic mass is 32.2. The van der Waals surface area contributed by atoms with Gasteiger partial charge in [0, 0.05) is 18.0 Å². The van der Waals surface area contributed by atoms with E-state index in [-0.39, 0.29) is 11.7 Å². The summed E-state index contributed by atoms with van der Waals surface area (Å²) < 4.78 is 0. The normalized spacial score (nSPS) is 23.4. The van der Waals surface area contributed by atoms with Gasteiger partial charge >= 0.3 is 0 Å². The SMILES string of the molecule is CC1CC(C)CN(C(=O)CSc2cccc(O)c2)C1. The molecule has 1 N–H and O–H groups in total. The van der Waals surface area contributed by atoms with Crippen LogP contribution in [0.25, 0.3) is 0 Å². The molecule has 0 bridgehead atoms. The standard InChI is InChI=1S/C15H21NO2S/c1-11-6-12(2)9-16(8-11)15(18)10-19-14-5-3-4-13(17)7-14/h3-5,7,11-12,17H,6,8-10H2,1-2H3. The number of hydrogen-bond donors (Lipinski definition) is 1. The summed E-state index contributed by atoms with van der Waals surface area (Å²) in [6.07, 6.45) is 1.21. The highest BCUT2D eigenvalue weighted by molar-refractivity contribution is 8.00. The maximum atomic E-state index is 12.2. The summed E-state index contributed by atoms with van der Waals surface area (Å²) in [5.41, 5.74) is 0. The first kappa shape index (κ1) is 14.3. The highest BCUT2D eigenvalue weighted by Crippen LogP contribution is 2.25.